The van der Waals surface area contributed by atoms with Crippen molar-refractivity contribution in [2.45, 2.75) is 13.0 Å². The third-order valence-corrected chi connectivity index (χ3v) is 1.59. The van der Waals surface area contributed by atoms with Gasteiger partial charge in [-0.3, -0.25) is 4.79 Å². The Kier molecular flexibility index (Phi) is 2.86. The number of nitrogens with two attached hydrogens (primary N) is 1. The van der Waals surface area contributed by atoms with Crippen LogP contribution in [0.5, 0.6) is 0 Å². The van der Waals surface area contributed by atoms with Gasteiger partial charge in [0.15, 0.2) is 6.29 Å². The fraction of sp³-hybridized carbons (Fsp3) is 0.375. The highest BCUT2D eigenvalue weighted by atomic mass is 16.1. The van der Waals surface area contributed by atoms with E-state index < -0.39 is 0 Å². The van der Waals surface area contributed by atoms with E-state index in [1.807, 2.05) is 16.8 Å². The summed E-state index contributed by atoms with van der Waals surface area (Å²) in [5.41, 5.74) is 6.06. The topological polar surface area (TPSA) is 48.0 Å². The number of rotatable bonds is 4. The lowest BCUT2D eigenvalue weighted by atomic mass is 10.4. The Morgan fingerprint density at radius 3 is 3.09 bits per heavy atom. The van der Waals surface area contributed by atoms with Crippen molar-refractivity contribution in [1.29, 1.82) is 0 Å². The number of hydrogen-bond donors (Lipinski definition) is 1. The largest absolute Gasteiger partial charge is 0.345 e. The summed E-state index contributed by atoms with van der Waals surface area (Å²) >= 11 is 0. The zero-order valence-corrected chi connectivity index (χ0v) is 6.36. The van der Waals surface area contributed by atoms with E-state index in [0.717, 1.165) is 24.9 Å². The number of nitrogens with zero attached hydrogens (tertiary/aromatic N) is 1. The molecule has 11 heavy (non-hydrogen) atoms. The van der Waals surface area contributed by atoms with Crippen LogP contribution in [0.1, 0.15) is 16.9 Å². The van der Waals surface area contributed by atoms with E-state index in [1.165, 1.54) is 0 Å². The standard InChI is InChI=1S/C8H12N2O/c9-4-2-6-10-5-1-3-8(10)7-11/h1,3,5,7H,2,4,6,9H2. The van der Waals surface area contributed by atoms with Crippen molar-refractivity contribution in [3.8, 4) is 0 Å². The van der Waals surface area contributed by atoms with Crippen LogP contribution in [-0.4, -0.2) is 17.4 Å². The molecule has 0 radical (unpaired) electrons. The van der Waals surface area contributed by atoms with E-state index in [0.29, 0.717) is 6.54 Å². The average Bonchev–Trinajstić information content (AvgIpc) is 2.47. The molecule has 0 bridgehead atoms. The number of aryl methyl sites for hydroxylation is 1. The maximum Gasteiger partial charge on any atom is 0.166 e. The number of aromatic nitrogens is 1. The average molecular weight is 152 g/mol. The molecule has 1 rings (SSSR count). The Hall–Kier alpha value is -1.09. The van der Waals surface area contributed by atoms with Gasteiger partial charge in [-0.05, 0) is 25.1 Å². The zero-order valence-electron chi connectivity index (χ0n) is 6.36. The molecule has 0 atom stereocenters. The third kappa shape index (κ3) is 1.91. The SMILES string of the molecule is NCCCn1cccc1C=O. The van der Waals surface area contributed by atoms with Gasteiger partial charge in [0.1, 0.15) is 0 Å². The molecule has 3 heteroatoms. The minimum Gasteiger partial charge on any atom is -0.345 e. The van der Waals surface area contributed by atoms with Crippen molar-refractivity contribution in [3.63, 3.8) is 0 Å². The van der Waals surface area contributed by atoms with Crippen LogP contribution in [0.4, 0.5) is 0 Å². The molecule has 60 valence electrons. The third-order valence-electron chi connectivity index (χ3n) is 1.59. The molecule has 0 saturated carbocycles. The molecule has 2 N–H and O–H groups in total. The van der Waals surface area contributed by atoms with E-state index >= 15 is 0 Å². The summed E-state index contributed by atoms with van der Waals surface area (Å²) in [6.07, 6.45) is 3.66. The Morgan fingerprint density at radius 2 is 2.45 bits per heavy atom. The van der Waals surface area contributed by atoms with Crippen LogP contribution in [0.3, 0.4) is 0 Å². The van der Waals surface area contributed by atoms with E-state index in [-0.39, 0.29) is 0 Å². The molecule has 3 nitrogen and oxygen atoms in total. The molecule has 0 aliphatic carbocycles. The molecule has 0 saturated heterocycles. The van der Waals surface area contributed by atoms with Gasteiger partial charge in [-0.2, -0.15) is 0 Å². The van der Waals surface area contributed by atoms with Gasteiger partial charge >= 0.3 is 0 Å². The molecule has 1 aromatic rings. The summed E-state index contributed by atoms with van der Waals surface area (Å²) in [5.74, 6) is 0. The first-order valence-corrected chi connectivity index (χ1v) is 3.69. The van der Waals surface area contributed by atoms with Crippen LogP contribution in [0.25, 0.3) is 0 Å². The molecular formula is C8H12N2O. The summed E-state index contributed by atoms with van der Waals surface area (Å²) < 4.78 is 1.90. The lowest BCUT2D eigenvalue weighted by molar-refractivity contribution is 0.111. The van der Waals surface area contributed by atoms with Gasteiger partial charge in [0.05, 0.1) is 5.69 Å². The predicted molar refractivity (Wildman–Crippen MR) is 43.5 cm³/mol. The van der Waals surface area contributed by atoms with Crippen molar-refractivity contribution in [3.05, 3.63) is 24.0 Å². The van der Waals surface area contributed by atoms with E-state index in [9.17, 15) is 4.79 Å². The van der Waals surface area contributed by atoms with Crippen LogP contribution >= 0.6 is 0 Å². The minimum absolute atomic E-state index is 0.663. The molecule has 1 heterocycles. The second-order valence-corrected chi connectivity index (χ2v) is 2.39. The Labute approximate surface area is 65.8 Å². The van der Waals surface area contributed by atoms with Crippen LogP contribution in [0.15, 0.2) is 18.3 Å². The maximum absolute atomic E-state index is 10.4. The van der Waals surface area contributed by atoms with Crippen LogP contribution in [0, 0.1) is 0 Å². The highest BCUT2D eigenvalue weighted by Gasteiger charge is 1.96. The molecular weight excluding hydrogens is 140 g/mol. The van der Waals surface area contributed by atoms with E-state index in [2.05, 4.69) is 0 Å². The second-order valence-electron chi connectivity index (χ2n) is 2.39. The van der Waals surface area contributed by atoms with E-state index in [4.69, 9.17) is 5.73 Å². The summed E-state index contributed by atoms with van der Waals surface area (Å²) in [7, 11) is 0. The van der Waals surface area contributed by atoms with E-state index in [1.54, 1.807) is 6.07 Å². The fourth-order valence-electron chi connectivity index (χ4n) is 1.000. The van der Waals surface area contributed by atoms with Gasteiger partial charge in [0, 0.05) is 12.7 Å². The van der Waals surface area contributed by atoms with Gasteiger partial charge in [0.2, 0.25) is 0 Å². The van der Waals surface area contributed by atoms with Crippen molar-refractivity contribution in [2.24, 2.45) is 5.73 Å². The smallest absolute Gasteiger partial charge is 0.166 e. The summed E-state index contributed by atoms with van der Waals surface area (Å²) in [4.78, 5) is 10.4. The highest BCUT2D eigenvalue weighted by molar-refractivity contribution is 5.72. The first-order valence-electron chi connectivity index (χ1n) is 3.69. The van der Waals surface area contributed by atoms with Crippen LogP contribution < -0.4 is 5.73 Å². The second kappa shape index (κ2) is 3.93. The lowest BCUT2D eigenvalue weighted by Crippen LogP contribution is -2.06. The quantitative estimate of drug-likeness (QED) is 0.644. The Balaban J connectivity index is 2.61. The van der Waals surface area contributed by atoms with Crippen molar-refractivity contribution in [1.82, 2.24) is 4.57 Å². The van der Waals surface area contributed by atoms with Gasteiger partial charge in [-0.25, -0.2) is 0 Å². The van der Waals surface area contributed by atoms with Crippen LogP contribution in [0.2, 0.25) is 0 Å². The molecule has 0 spiro atoms. The van der Waals surface area contributed by atoms with Gasteiger partial charge in [-0.1, -0.05) is 0 Å². The summed E-state index contributed by atoms with van der Waals surface area (Å²) in [6.45, 7) is 1.49. The molecule has 0 aromatic carbocycles. The van der Waals surface area contributed by atoms with Gasteiger partial charge in [-0.15, -0.1) is 0 Å². The summed E-state index contributed by atoms with van der Waals surface area (Å²) in [5, 5.41) is 0. The van der Waals surface area contributed by atoms with Gasteiger partial charge in [0.25, 0.3) is 0 Å². The molecule has 1 aromatic heterocycles. The van der Waals surface area contributed by atoms with Crippen LogP contribution in [-0.2, 0) is 6.54 Å². The molecule has 0 amide bonds. The number of carbonyl (C=O) groups is 1. The van der Waals surface area contributed by atoms with Crippen molar-refractivity contribution >= 4 is 6.29 Å². The molecule has 0 aliphatic rings. The highest BCUT2D eigenvalue weighted by Crippen LogP contribution is 1.99. The predicted octanol–water partition coefficient (Wildman–Crippen LogP) is 0.649. The zero-order chi connectivity index (χ0) is 8.10. The molecule has 0 unspecified atom stereocenters. The first kappa shape index (κ1) is 8.01. The normalized spacial score (nSPS) is 9.91. The van der Waals surface area contributed by atoms with Crippen molar-refractivity contribution < 1.29 is 4.79 Å². The summed E-state index contributed by atoms with van der Waals surface area (Å²) in [6, 6.07) is 3.66. The monoisotopic (exact) mass is 152 g/mol. The number of carbonyl (C=O) groups excluding carboxylic acids is 1. The fourth-order valence-corrected chi connectivity index (χ4v) is 1.000. The minimum atomic E-state index is 0.663. The maximum atomic E-state index is 10.4. The van der Waals surface area contributed by atoms with Crippen molar-refractivity contribution in [2.75, 3.05) is 6.54 Å². The lowest BCUT2D eigenvalue weighted by Gasteiger charge is -2.02. The number of aldehydes is 1. The molecule has 0 aliphatic heterocycles. The van der Waals surface area contributed by atoms with Gasteiger partial charge < -0.3 is 10.3 Å². The molecule has 0 fully saturated rings. The number of hydrogen-bond acceptors (Lipinski definition) is 2. The Bertz CT molecular complexity index is 230. The first-order chi connectivity index (χ1) is 5.38. The Morgan fingerprint density at radius 1 is 1.64 bits per heavy atom.